The summed E-state index contributed by atoms with van der Waals surface area (Å²) in [4.78, 5) is 12.1. The van der Waals surface area contributed by atoms with E-state index in [4.69, 9.17) is 4.98 Å². The second-order valence-corrected chi connectivity index (χ2v) is 6.17. The summed E-state index contributed by atoms with van der Waals surface area (Å²) >= 11 is 0. The van der Waals surface area contributed by atoms with Crippen molar-refractivity contribution < 1.29 is 0 Å². The van der Waals surface area contributed by atoms with E-state index in [2.05, 4.69) is 42.0 Å². The molecule has 1 N–H and O–H groups in total. The Morgan fingerprint density at radius 3 is 2.65 bits per heavy atom. The highest BCUT2D eigenvalue weighted by atomic mass is 15.3. The molecule has 2 fully saturated rings. The number of aromatic nitrogens is 2. The van der Waals surface area contributed by atoms with Gasteiger partial charge in [-0.25, -0.2) is 9.97 Å². The van der Waals surface area contributed by atoms with Gasteiger partial charge >= 0.3 is 0 Å². The van der Waals surface area contributed by atoms with E-state index >= 15 is 0 Å². The molecule has 110 valence electrons. The summed E-state index contributed by atoms with van der Waals surface area (Å²) < 4.78 is 0. The number of nitrogens with one attached hydrogen (secondary N) is 1. The summed E-state index contributed by atoms with van der Waals surface area (Å²) in [7, 11) is 0. The summed E-state index contributed by atoms with van der Waals surface area (Å²) in [5.41, 5.74) is 0. The minimum Gasteiger partial charge on any atom is -0.370 e. The monoisotopic (exact) mass is 274 g/mol. The van der Waals surface area contributed by atoms with Gasteiger partial charge in [0.15, 0.2) is 0 Å². The Kier molecular flexibility index (Phi) is 3.81. The summed E-state index contributed by atoms with van der Waals surface area (Å²) in [6.07, 6.45) is 6.27. The van der Waals surface area contributed by atoms with Crippen LogP contribution in [0.25, 0.3) is 0 Å². The van der Waals surface area contributed by atoms with Crippen molar-refractivity contribution in [1.29, 1.82) is 0 Å². The summed E-state index contributed by atoms with van der Waals surface area (Å²) in [6.45, 7) is 7.63. The molecule has 2 heterocycles. The fraction of sp³-hybridized carbons (Fsp3) is 0.750. The van der Waals surface area contributed by atoms with Gasteiger partial charge in [-0.3, -0.25) is 0 Å². The van der Waals surface area contributed by atoms with Crippen LogP contribution in [0, 0.1) is 0 Å². The van der Waals surface area contributed by atoms with Crippen molar-refractivity contribution in [3.63, 3.8) is 0 Å². The summed E-state index contributed by atoms with van der Waals surface area (Å²) in [6, 6.07) is 3.37. The highest BCUT2D eigenvalue weighted by Gasteiger charge is 2.33. The van der Waals surface area contributed by atoms with Gasteiger partial charge in [0.1, 0.15) is 17.5 Å². The standard InChI is InChI=1S/C16H26N4/c1-4-13-9-6-11(3)20(13)15-10-14(17-5-2)18-16(19-15)12-7-8-12/h10-13H,4-9H2,1-3H3,(H,17,18,19). The third-order valence-corrected chi connectivity index (χ3v) is 4.55. The highest BCUT2D eigenvalue weighted by molar-refractivity contribution is 5.52. The maximum absolute atomic E-state index is 4.88. The van der Waals surface area contributed by atoms with Gasteiger partial charge in [0.05, 0.1) is 0 Å². The van der Waals surface area contributed by atoms with E-state index in [0.717, 1.165) is 24.0 Å². The second kappa shape index (κ2) is 5.58. The van der Waals surface area contributed by atoms with Gasteiger partial charge in [-0.05, 0) is 46.0 Å². The first-order valence-corrected chi connectivity index (χ1v) is 8.14. The average Bonchev–Trinajstić information content (AvgIpc) is 3.22. The maximum Gasteiger partial charge on any atom is 0.136 e. The lowest BCUT2D eigenvalue weighted by Gasteiger charge is -2.29. The Labute approximate surface area is 122 Å². The molecule has 1 aliphatic carbocycles. The minimum absolute atomic E-state index is 0.594. The molecule has 4 heteroatoms. The van der Waals surface area contributed by atoms with Crippen LogP contribution in [-0.4, -0.2) is 28.6 Å². The third-order valence-electron chi connectivity index (χ3n) is 4.55. The Balaban J connectivity index is 1.94. The van der Waals surface area contributed by atoms with Crippen molar-refractivity contribution in [2.24, 2.45) is 0 Å². The van der Waals surface area contributed by atoms with Crippen molar-refractivity contribution in [1.82, 2.24) is 9.97 Å². The molecule has 1 aliphatic heterocycles. The molecule has 4 nitrogen and oxygen atoms in total. The molecule has 1 saturated carbocycles. The van der Waals surface area contributed by atoms with Gasteiger partial charge in [-0.15, -0.1) is 0 Å². The molecule has 2 unspecified atom stereocenters. The maximum atomic E-state index is 4.88. The molecule has 0 bridgehead atoms. The summed E-state index contributed by atoms with van der Waals surface area (Å²) in [5, 5.41) is 3.36. The Hall–Kier alpha value is -1.32. The molecule has 20 heavy (non-hydrogen) atoms. The predicted octanol–water partition coefficient (Wildman–Crippen LogP) is 3.55. The topological polar surface area (TPSA) is 41.0 Å². The Morgan fingerprint density at radius 1 is 1.20 bits per heavy atom. The van der Waals surface area contributed by atoms with Crippen LogP contribution < -0.4 is 10.2 Å². The molecule has 1 aromatic rings. The molecule has 2 aliphatic rings. The zero-order valence-corrected chi connectivity index (χ0v) is 12.9. The predicted molar refractivity (Wildman–Crippen MR) is 83.4 cm³/mol. The molecular weight excluding hydrogens is 248 g/mol. The number of anilines is 2. The van der Waals surface area contributed by atoms with Gasteiger partial charge in [0.25, 0.3) is 0 Å². The Bertz CT molecular complexity index is 470. The SMILES string of the molecule is CCNc1cc(N2C(C)CCC2CC)nc(C2CC2)n1. The quantitative estimate of drug-likeness (QED) is 0.891. The van der Waals surface area contributed by atoms with Gasteiger partial charge < -0.3 is 10.2 Å². The van der Waals surface area contributed by atoms with E-state index < -0.39 is 0 Å². The molecule has 0 amide bonds. The molecule has 1 aromatic heterocycles. The van der Waals surface area contributed by atoms with Crippen LogP contribution in [0.4, 0.5) is 11.6 Å². The van der Waals surface area contributed by atoms with Gasteiger partial charge in [0.2, 0.25) is 0 Å². The zero-order valence-electron chi connectivity index (χ0n) is 12.9. The molecule has 0 aromatic carbocycles. The van der Waals surface area contributed by atoms with Crippen molar-refractivity contribution in [3.8, 4) is 0 Å². The van der Waals surface area contributed by atoms with Gasteiger partial charge in [0, 0.05) is 30.6 Å². The first-order valence-electron chi connectivity index (χ1n) is 8.14. The van der Waals surface area contributed by atoms with E-state index in [-0.39, 0.29) is 0 Å². The van der Waals surface area contributed by atoms with E-state index in [1.807, 2.05) is 0 Å². The number of nitrogens with zero attached hydrogens (tertiary/aromatic N) is 3. The van der Waals surface area contributed by atoms with Crippen LogP contribution in [0.2, 0.25) is 0 Å². The lowest BCUT2D eigenvalue weighted by molar-refractivity contribution is 0.618. The summed E-state index contributed by atoms with van der Waals surface area (Å²) in [5.74, 6) is 3.78. The largest absolute Gasteiger partial charge is 0.370 e. The van der Waals surface area contributed by atoms with Gasteiger partial charge in [-0.2, -0.15) is 0 Å². The number of rotatable bonds is 5. The minimum atomic E-state index is 0.594. The lowest BCUT2D eigenvalue weighted by Crippen LogP contribution is -2.35. The molecule has 0 spiro atoms. The smallest absolute Gasteiger partial charge is 0.136 e. The first kappa shape index (κ1) is 13.7. The molecule has 0 radical (unpaired) electrons. The van der Waals surface area contributed by atoms with Crippen LogP contribution >= 0.6 is 0 Å². The van der Waals surface area contributed by atoms with Crippen molar-refractivity contribution in [2.45, 2.75) is 70.9 Å². The Morgan fingerprint density at radius 2 is 2.00 bits per heavy atom. The first-order chi connectivity index (χ1) is 9.72. The van der Waals surface area contributed by atoms with E-state index in [0.29, 0.717) is 18.0 Å². The fourth-order valence-electron chi connectivity index (χ4n) is 3.27. The molecule has 3 rings (SSSR count). The van der Waals surface area contributed by atoms with E-state index in [1.54, 1.807) is 0 Å². The number of hydrogen-bond acceptors (Lipinski definition) is 4. The van der Waals surface area contributed by atoms with Crippen LogP contribution in [0.15, 0.2) is 6.07 Å². The normalized spacial score (nSPS) is 26.1. The fourth-order valence-corrected chi connectivity index (χ4v) is 3.27. The highest BCUT2D eigenvalue weighted by Crippen LogP contribution is 2.40. The van der Waals surface area contributed by atoms with Crippen LogP contribution in [0.1, 0.15) is 64.6 Å². The second-order valence-electron chi connectivity index (χ2n) is 6.17. The van der Waals surface area contributed by atoms with Crippen LogP contribution in [0.5, 0.6) is 0 Å². The van der Waals surface area contributed by atoms with Crippen molar-refractivity contribution in [2.75, 3.05) is 16.8 Å². The lowest BCUT2D eigenvalue weighted by atomic mass is 10.1. The van der Waals surface area contributed by atoms with Crippen molar-refractivity contribution in [3.05, 3.63) is 11.9 Å². The molecular formula is C16H26N4. The van der Waals surface area contributed by atoms with Crippen LogP contribution in [-0.2, 0) is 0 Å². The third kappa shape index (κ3) is 2.60. The van der Waals surface area contributed by atoms with Crippen LogP contribution in [0.3, 0.4) is 0 Å². The van der Waals surface area contributed by atoms with E-state index in [9.17, 15) is 0 Å². The number of hydrogen-bond donors (Lipinski definition) is 1. The zero-order chi connectivity index (χ0) is 14.1. The van der Waals surface area contributed by atoms with Crippen molar-refractivity contribution >= 4 is 11.6 Å². The molecule has 2 atom stereocenters. The van der Waals surface area contributed by atoms with E-state index in [1.165, 1.54) is 32.1 Å². The molecule has 1 saturated heterocycles. The van der Waals surface area contributed by atoms with Gasteiger partial charge in [-0.1, -0.05) is 6.92 Å². The average molecular weight is 274 g/mol.